The third kappa shape index (κ3) is 10.3. The molecule has 0 bridgehead atoms. The van der Waals surface area contributed by atoms with Crippen LogP contribution < -0.4 is 33.7 Å². The summed E-state index contributed by atoms with van der Waals surface area (Å²) in [5.41, 5.74) is 23.3. The normalized spacial score (nSPS) is 13.8. The van der Waals surface area contributed by atoms with E-state index in [2.05, 4.69) is 10.3 Å². The molecule has 12 heteroatoms. The summed E-state index contributed by atoms with van der Waals surface area (Å²) >= 11 is 0. The molecule has 0 saturated heterocycles. The van der Waals surface area contributed by atoms with Crippen molar-refractivity contribution >= 4 is 17.8 Å². The minimum atomic E-state index is -0.891. The van der Waals surface area contributed by atoms with E-state index in [4.69, 9.17) is 22.9 Å². The molecule has 0 aliphatic heterocycles. The standard InChI is InChI=1S/C12H26N8O4/c13-6-2-1-4-8(14)11(22)18-9(10(15)21)5-3-7-17-12(16)19-20(23)24/h8-9H,1-7,13-14H2,(H2,15,21)(H,18,22)(H3,16,17,19)/t8-,9-/m1/s1. The molecule has 0 aromatic heterocycles. The molecule has 0 aliphatic rings. The number of nitrogens with one attached hydrogen (secondary N) is 2. The molecule has 0 saturated carbocycles. The second-order valence-electron chi connectivity index (χ2n) is 5.13. The molecule has 0 aromatic rings. The van der Waals surface area contributed by atoms with E-state index in [0.29, 0.717) is 25.8 Å². The average Bonchev–Trinajstić information content (AvgIpc) is 2.49. The van der Waals surface area contributed by atoms with Gasteiger partial charge in [0, 0.05) is 6.54 Å². The molecule has 138 valence electrons. The van der Waals surface area contributed by atoms with Crippen molar-refractivity contribution in [3.05, 3.63) is 10.1 Å². The molecule has 12 nitrogen and oxygen atoms in total. The molecule has 24 heavy (non-hydrogen) atoms. The molecule has 0 spiro atoms. The average molecular weight is 346 g/mol. The fourth-order valence-electron chi connectivity index (χ4n) is 1.83. The number of hydrazine groups is 1. The number of hydrogen-bond acceptors (Lipinski definition) is 7. The van der Waals surface area contributed by atoms with Gasteiger partial charge in [0.1, 0.15) is 6.04 Å². The van der Waals surface area contributed by atoms with E-state index in [1.54, 1.807) is 5.43 Å². The number of hydrogen-bond donors (Lipinski definition) is 6. The lowest BCUT2D eigenvalue weighted by atomic mass is 10.1. The maximum atomic E-state index is 11.9. The Morgan fingerprint density at radius 3 is 2.38 bits per heavy atom. The molecule has 0 heterocycles. The molecule has 10 N–H and O–H groups in total. The topological polar surface area (TPSA) is 218 Å². The first-order chi connectivity index (χ1) is 11.3. The van der Waals surface area contributed by atoms with Gasteiger partial charge in [-0.15, -0.1) is 0 Å². The van der Waals surface area contributed by atoms with Crippen molar-refractivity contribution in [3.63, 3.8) is 0 Å². The van der Waals surface area contributed by atoms with Gasteiger partial charge in [0.05, 0.1) is 6.04 Å². The zero-order chi connectivity index (χ0) is 18.5. The van der Waals surface area contributed by atoms with Gasteiger partial charge in [-0.25, -0.2) is 15.1 Å². The summed E-state index contributed by atoms with van der Waals surface area (Å²) in [6, 6.07) is -1.63. The molecule has 0 fully saturated rings. The van der Waals surface area contributed by atoms with Gasteiger partial charge in [-0.3, -0.25) is 9.59 Å². The van der Waals surface area contributed by atoms with Crippen LogP contribution in [0, 0.1) is 10.1 Å². The number of rotatable bonds is 12. The summed E-state index contributed by atoms with van der Waals surface area (Å²) in [5.74, 6) is -1.51. The van der Waals surface area contributed by atoms with Crippen LogP contribution in [0.3, 0.4) is 0 Å². The van der Waals surface area contributed by atoms with Crippen molar-refractivity contribution in [2.75, 3.05) is 13.1 Å². The van der Waals surface area contributed by atoms with Crippen LogP contribution in [-0.2, 0) is 9.59 Å². The molecule has 2 atom stereocenters. The Balaban J connectivity index is 4.28. The number of aliphatic imine (C=N–C) groups is 1. The molecule has 0 radical (unpaired) electrons. The van der Waals surface area contributed by atoms with Crippen molar-refractivity contribution < 1.29 is 14.6 Å². The molecule has 2 amide bonds. The minimum Gasteiger partial charge on any atom is -0.368 e. The summed E-state index contributed by atoms with van der Waals surface area (Å²) in [4.78, 5) is 37.1. The Morgan fingerprint density at radius 2 is 1.83 bits per heavy atom. The Bertz CT molecular complexity index is 456. The van der Waals surface area contributed by atoms with Crippen LogP contribution in [-0.4, -0.2) is 48.0 Å². The Labute approximate surface area is 139 Å². The third-order valence-electron chi connectivity index (χ3n) is 3.10. The minimum absolute atomic E-state index is 0.134. The van der Waals surface area contributed by atoms with Crippen LogP contribution in [0.2, 0.25) is 0 Å². The summed E-state index contributed by atoms with van der Waals surface area (Å²) in [6.07, 6.45) is 2.49. The summed E-state index contributed by atoms with van der Waals surface area (Å²) in [6.45, 7) is 0.655. The van der Waals surface area contributed by atoms with E-state index in [-0.39, 0.29) is 18.9 Å². The van der Waals surface area contributed by atoms with E-state index in [9.17, 15) is 19.7 Å². The quantitative estimate of drug-likeness (QED) is 0.0715. The lowest BCUT2D eigenvalue weighted by molar-refractivity contribution is -0.525. The summed E-state index contributed by atoms with van der Waals surface area (Å²) in [5, 5.41) is 11.8. The molecule has 0 unspecified atom stereocenters. The number of nitrogens with two attached hydrogens (primary N) is 4. The van der Waals surface area contributed by atoms with Gasteiger partial charge in [0.15, 0.2) is 5.03 Å². The van der Waals surface area contributed by atoms with E-state index < -0.39 is 28.9 Å². The molecular weight excluding hydrogens is 320 g/mol. The monoisotopic (exact) mass is 346 g/mol. The van der Waals surface area contributed by atoms with Gasteiger partial charge in [-0.05, 0) is 32.2 Å². The van der Waals surface area contributed by atoms with E-state index in [0.717, 1.165) is 6.42 Å². The van der Waals surface area contributed by atoms with E-state index in [1.807, 2.05) is 0 Å². The maximum Gasteiger partial charge on any atom is 0.251 e. The van der Waals surface area contributed by atoms with Crippen LogP contribution in [0.4, 0.5) is 0 Å². The van der Waals surface area contributed by atoms with Crippen molar-refractivity contribution in [2.24, 2.45) is 27.9 Å². The Kier molecular flexibility index (Phi) is 10.8. The molecule has 0 aliphatic carbocycles. The lowest BCUT2D eigenvalue weighted by Gasteiger charge is -2.18. The maximum absolute atomic E-state index is 11.9. The van der Waals surface area contributed by atoms with Crippen LogP contribution >= 0.6 is 0 Å². The smallest absolute Gasteiger partial charge is 0.251 e. The largest absolute Gasteiger partial charge is 0.368 e. The van der Waals surface area contributed by atoms with Gasteiger partial charge < -0.3 is 28.3 Å². The van der Waals surface area contributed by atoms with Crippen LogP contribution in [0.5, 0.6) is 0 Å². The predicted molar refractivity (Wildman–Crippen MR) is 87.9 cm³/mol. The number of carbonyl (C=O) groups is 2. The fourth-order valence-corrected chi connectivity index (χ4v) is 1.83. The second-order valence-corrected chi connectivity index (χ2v) is 5.13. The highest BCUT2D eigenvalue weighted by atomic mass is 16.7. The summed E-state index contributed by atoms with van der Waals surface area (Å²) in [7, 11) is 0. The first kappa shape index (κ1) is 21.5. The second kappa shape index (κ2) is 12.0. The van der Waals surface area contributed by atoms with Crippen molar-refractivity contribution in [1.29, 1.82) is 0 Å². The van der Waals surface area contributed by atoms with Gasteiger partial charge in [0.25, 0.3) is 5.96 Å². The highest BCUT2D eigenvalue weighted by Gasteiger charge is 2.21. The first-order valence-electron chi connectivity index (χ1n) is 7.54. The fraction of sp³-hybridized carbons (Fsp3) is 0.750. The molecule has 0 aromatic carbocycles. The SMILES string of the molecule is NCCCC[C@@H](N)C(=O)N[C@H](CCCN=C(N)N[N+](=O)[O-])C(N)=O. The molecule has 0 rings (SSSR count). The molecular formula is C12H26N8O4. The van der Waals surface area contributed by atoms with Crippen LogP contribution in [0.15, 0.2) is 4.99 Å². The number of guanidine groups is 1. The predicted octanol–water partition coefficient (Wildman–Crippen LogP) is -2.71. The highest BCUT2D eigenvalue weighted by molar-refractivity contribution is 5.88. The zero-order valence-electron chi connectivity index (χ0n) is 13.4. The Morgan fingerprint density at radius 1 is 1.17 bits per heavy atom. The lowest BCUT2D eigenvalue weighted by Crippen LogP contribution is -2.50. The van der Waals surface area contributed by atoms with Gasteiger partial charge in [-0.2, -0.15) is 0 Å². The van der Waals surface area contributed by atoms with Gasteiger partial charge in [0.2, 0.25) is 11.8 Å². The number of primary amides is 1. The van der Waals surface area contributed by atoms with Gasteiger partial charge in [-0.1, -0.05) is 11.8 Å². The number of nitro groups is 1. The third-order valence-corrected chi connectivity index (χ3v) is 3.10. The number of carbonyl (C=O) groups excluding carboxylic acids is 2. The summed E-state index contributed by atoms with van der Waals surface area (Å²) < 4.78 is 0. The van der Waals surface area contributed by atoms with Crippen LogP contribution in [0.25, 0.3) is 0 Å². The number of unbranched alkanes of at least 4 members (excludes halogenated alkanes) is 1. The Hall–Kier alpha value is -2.47. The number of amides is 2. The van der Waals surface area contributed by atoms with E-state index in [1.165, 1.54) is 0 Å². The zero-order valence-corrected chi connectivity index (χ0v) is 13.4. The number of nitrogens with zero attached hydrogens (tertiary/aromatic N) is 2. The van der Waals surface area contributed by atoms with E-state index >= 15 is 0 Å². The van der Waals surface area contributed by atoms with Gasteiger partial charge >= 0.3 is 0 Å². The van der Waals surface area contributed by atoms with Crippen molar-refractivity contribution in [1.82, 2.24) is 10.7 Å². The van der Waals surface area contributed by atoms with Crippen molar-refractivity contribution in [2.45, 2.75) is 44.2 Å². The van der Waals surface area contributed by atoms with Crippen molar-refractivity contribution in [3.8, 4) is 0 Å². The highest BCUT2D eigenvalue weighted by Crippen LogP contribution is 2.02. The first-order valence-corrected chi connectivity index (χ1v) is 7.54. The van der Waals surface area contributed by atoms with Crippen LogP contribution in [0.1, 0.15) is 32.1 Å².